The standard InChI is InChI=1S/C20H22N4O8/c1-22-18-16(19(27)23(2)20(22)28)24(10-21-18)8-15(26)32-9-12(25)11-6-13(29-3)17(31-5)14(7-11)30-4/h6-7,10H,8-9H2,1-5H3. The van der Waals surface area contributed by atoms with Gasteiger partial charge in [-0.05, 0) is 12.1 Å². The van der Waals surface area contributed by atoms with E-state index in [0.29, 0.717) is 5.75 Å². The molecule has 0 fully saturated rings. The topological polar surface area (TPSA) is 133 Å². The molecule has 0 atom stereocenters. The van der Waals surface area contributed by atoms with Crippen LogP contribution in [0, 0.1) is 0 Å². The smallest absolute Gasteiger partial charge is 0.332 e. The highest BCUT2D eigenvalue weighted by molar-refractivity contribution is 5.99. The van der Waals surface area contributed by atoms with E-state index >= 15 is 0 Å². The molecule has 0 radical (unpaired) electrons. The highest BCUT2D eigenvalue weighted by atomic mass is 16.5. The first kappa shape index (κ1) is 22.6. The second kappa shape index (κ2) is 8.96. The van der Waals surface area contributed by atoms with E-state index in [1.165, 1.54) is 63.0 Å². The lowest BCUT2D eigenvalue weighted by Gasteiger charge is -2.13. The Kier molecular flexibility index (Phi) is 6.32. The third-order valence-corrected chi connectivity index (χ3v) is 4.87. The van der Waals surface area contributed by atoms with Crippen LogP contribution >= 0.6 is 0 Å². The van der Waals surface area contributed by atoms with Gasteiger partial charge in [0.15, 0.2) is 29.3 Å². The zero-order valence-electron chi connectivity index (χ0n) is 18.2. The van der Waals surface area contributed by atoms with Crippen LogP contribution in [0.4, 0.5) is 0 Å². The first-order chi connectivity index (χ1) is 15.2. The van der Waals surface area contributed by atoms with Crippen molar-refractivity contribution in [1.29, 1.82) is 0 Å². The Balaban J connectivity index is 1.77. The SMILES string of the molecule is COc1cc(C(=O)COC(=O)Cn2cnc3c2c(=O)n(C)c(=O)n3C)cc(OC)c1OC. The molecule has 170 valence electrons. The third-order valence-electron chi connectivity index (χ3n) is 4.87. The van der Waals surface area contributed by atoms with E-state index in [1.807, 2.05) is 0 Å². The van der Waals surface area contributed by atoms with Gasteiger partial charge in [-0.15, -0.1) is 0 Å². The molecule has 0 bridgehead atoms. The van der Waals surface area contributed by atoms with Crippen LogP contribution in [-0.4, -0.2) is 58.4 Å². The highest BCUT2D eigenvalue weighted by Crippen LogP contribution is 2.38. The molecule has 3 aromatic rings. The fraction of sp³-hybridized carbons (Fsp3) is 0.350. The van der Waals surface area contributed by atoms with Crippen LogP contribution in [-0.2, 0) is 30.2 Å². The maximum absolute atomic E-state index is 12.5. The number of imidazole rings is 1. The lowest BCUT2D eigenvalue weighted by molar-refractivity contribution is -0.143. The molecule has 0 unspecified atom stereocenters. The van der Waals surface area contributed by atoms with Crippen molar-refractivity contribution >= 4 is 22.9 Å². The minimum absolute atomic E-state index is 0.0718. The summed E-state index contributed by atoms with van der Waals surface area (Å²) in [7, 11) is 7.07. The van der Waals surface area contributed by atoms with E-state index in [2.05, 4.69) is 4.98 Å². The summed E-state index contributed by atoms with van der Waals surface area (Å²) in [5.74, 6) is -0.361. The molecule has 0 saturated heterocycles. The molecular formula is C20H22N4O8. The summed E-state index contributed by atoms with van der Waals surface area (Å²) in [5, 5.41) is 0. The molecule has 0 N–H and O–H groups in total. The number of benzene rings is 1. The number of Topliss-reactive ketones (excluding diaryl/α,β-unsaturated/α-hetero) is 1. The normalized spacial score (nSPS) is 10.8. The number of carbonyl (C=O) groups is 2. The Morgan fingerprint density at radius 3 is 2.16 bits per heavy atom. The number of ether oxygens (including phenoxy) is 4. The van der Waals surface area contributed by atoms with E-state index in [0.717, 1.165) is 4.57 Å². The van der Waals surface area contributed by atoms with Gasteiger partial charge in [0.25, 0.3) is 5.56 Å². The Morgan fingerprint density at radius 1 is 0.969 bits per heavy atom. The van der Waals surface area contributed by atoms with E-state index in [1.54, 1.807) is 0 Å². The molecule has 0 spiro atoms. The van der Waals surface area contributed by atoms with Gasteiger partial charge in [-0.3, -0.25) is 23.5 Å². The number of aryl methyl sites for hydroxylation is 1. The van der Waals surface area contributed by atoms with Crippen molar-refractivity contribution in [2.75, 3.05) is 27.9 Å². The Bertz CT molecular complexity index is 1290. The van der Waals surface area contributed by atoms with Crippen LogP contribution in [0.3, 0.4) is 0 Å². The lowest BCUT2D eigenvalue weighted by atomic mass is 10.1. The largest absolute Gasteiger partial charge is 0.493 e. The number of rotatable bonds is 8. The summed E-state index contributed by atoms with van der Waals surface area (Å²) >= 11 is 0. The quantitative estimate of drug-likeness (QED) is 0.343. The summed E-state index contributed by atoms with van der Waals surface area (Å²) in [6, 6.07) is 2.90. The van der Waals surface area contributed by atoms with Crippen LogP contribution in [0.1, 0.15) is 10.4 Å². The Hall–Kier alpha value is -4.09. The molecule has 0 aliphatic rings. The minimum atomic E-state index is -0.763. The number of nitrogens with zero attached hydrogens (tertiary/aromatic N) is 4. The fourth-order valence-electron chi connectivity index (χ4n) is 3.17. The average molecular weight is 446 g/mol. The second-order valence-electron chi connectivity index (χ2n) is 6.75. The summed E-state index contributed by atoms with van der Waals surface area (Å²) in [4.78, 5) is 53.3. The number of aromatic nitrogens is 4. The lowest BCUT2D eigenvalue weighted by Crippen LogP contribution is -2.37. The van der Waals surface area contributed by atoms with Gasteiger partial charge in [0.05, 0.1) is 27.7 Å². The van der Waals surface area contributed by atoms with Crippen molar-refractivity contribution in [3.8, 4) is 17.2 Å². The Morgan fingerprint density at radius 2 is 1.59 bits per heavy atom. The zero-order valence-corrected chi connectivity index (χ0v) is 18.2. The molecule has 2 aromatic heterocycles. The van der Waals surface area contributed by atoms with Gasteiger partial charge in [-0.25, -0.2) is 9.78 Å². The van der Waals surface area contributed by atoms with Gasteiger partial charge < -0.3 is 23.5 Å². The van der Waals surface area contributed by atoms with Crippen molar-refractivity contribution in [1.82, 2.24) is 18.7 Å². The molecule has 32 heavy (non-hydrogen) atoms. The average Bonchev–Trinajstić information content (AvgIpc) is 3.22. The van der Waals surface area contributed by atoms with E-state index in [-0.39, 0.29) is 34.8 Å². The molecular weight excluding hydrogens is 424 g/mol. The van der Waals surface area contributed by atoms with Crippen molar-refractivity contribution in [2.24, 2.45) is 14.1 Å². The van der Waals surface area contributed by atoms with Gasteiger partial charge in [-0.1, -0.05) is 0 Å². The van der Waals surface area contributed by atoms with Gasteiger partial charge >= 0.3 is 11.7 Å². The molecule has 0 saturated carbocycles. The number of hydrogen-bond donors (Lipinski definition) is 0. The zero-order chi connectivity index (χ0) is 23.6. The van der Waals surface area contributed by atoms with Crippen LogP contribution < -0.4 is 25.5 Å². The van der Waals surface area contributed by atoms with Gasteiger partial charge in [0.1, 0.15) is 6.54 Å². The maximum atomic E-state index is 12.5. The van der Waals surface area contributed by atoms with Crippen LogP contribution in [0.5, 0.6) is 17.2 Å². The number of ketones is 1. The minimum Gasteiger partial charge on any atom is -0.493 e. The van der Waals surface area contributed by atoms with E-state index < -0.39 is 29.6 Å². The number of methoxy groups -OCH3 is 3. The first-order valence-corrected chi connectivity index (χ1v) is 9.33. The monoisotopic (exact) mass is 446 g/mol. The predicted octanol–water partition coefficient (Wildman–Crippen LogP) is -0.114. The molecule has 2 heterocycles. The van der Waals surface area contributed by atoms with Gasteiger partial charge in [0, 0.05) is 19.7 Å². The second-order valence-corrected chi connectivity index (χ2v) is 6.75. The van der Waals surface area contributed by atoms with Crippen molar-refractivity contribution in [3.63, 3.8) is 0 Å². The molecule has 3 rings (SSSR count). The van der Waals surface area contributed by atoms with Gasteiger partial charge in [0.2, 0.25) is 11.5 Å². The fourth-order valence-corrected chi connectivity index (χ4v) is 3.17. The summed E-state index contributed by atoms with van der Waals surface area (Å²) < 4.78 is 24.1. The van der Waals surface area contributed by atoms with Crippen molar-refractivity contribution in [3.05, 3.63) is 44.9 Å². The third kappa shape index (κ3) is 3.94. The summed E-state index contributed by atoms with van der Waals surface area (Å²) in [6.45, 7) is -0.910. The van der Waals surface area contributed by atoms with Crippen LogP contribution in [0.2, 0.25) is 0 Å². The van der Waals surface area contributed by atoms with Gasteiger partial charge in [-0.2, -0.15) is 0 Å². The predicted molar refractivity (Wildman–Crippen MR) is 112 cm³/mol. The van der Waals surface area contributed by atoms with Crippen molar-refractivity contribution < 1.29 is 28.5 Å². The Labute approximate surface area is 181 Å². The number of carbonyl (C=O) groups excluding carboxylic acids is 2. The molecule has 0 aliphatic carbocycles. The molecule has 12 heteroatoms. The molecule has 12 nitrogen and oxygen atoms in total. The van der Waals surface area contributed by atoms with Crippen LogP contribution in [0.15, 0.2) is 28.0 Å². The molecule has 0 amide bonds. The van der Waals surface area contributed by atoms with E-state index in [9.17, 15) is 19.2 Å². The highest BCUT2D eigenvalue weighted by Gasteiger charge is 2.20. The maximum Gasteiger partial charge on any atom is 0.332 e. The molecule has 0 aliphatic heterocycles. The molecule has 1 aromatic carbocycles. The summed E-state index contributed by atoms with van der Waals surface area (Å²) in [5.41, 5.74) is -0.723. The number of esters is 1. The first-order valence-electron chi connectivity index (χ1n) is 9.33. The van der Waals surface area contributed by atoms with E-state index in [4.69, 9.17) is 18.9 Å². The summed E-state index contributed by atoms with van der Waals surface area (Å²) in [6.07, 6.45) is 1.26. The van der Waals surface area contributed by atoms with Crippen LogP contribution in [0.25, 0.3) is 11.2 Å². The van der Waals surface area contributed by atoms with Crippen molar-refractivity contribution in [2.45, 2.75) is 6.54 Å². The number of fused-ring (bicyclic) bond motifs is 1. The number of hydrogen-bond acceptors (Lipinski definition) is 9.